The number of carbonyl (C=O) groups excluding carboxylic acids is 2. The molecule has 126 valence electrons. The molecule has 2 aromatic carbocycles. The van der Waals surface area contributed by atoms with Crippen LogP contribution in [0.2, 0.25) is 5.02 Å². The molecule has 0 aliphatic carbocycles. The summed E-state index contributed by atoms with van der Waals surface area (Å²) in [6, 6.07) is 10.1. The molecule has 1 unspecified atom stereocenters. The first-order chi connectivity index (χ1) is 11.4. The van der Waals surface area contributed by atoms with E-state index < -0.39 is 23.8 Å². The Morgan fingerprint density at radius 3 is 2.46 bits per heavy atom. The molecule has 0 saturated carbocycles. The highest BCUT2D eigenvalue weighted by atomic mass is 35.5. The summed E-state index contributed by atoms with van der Waals surface area (Å²) in [5.74, 6) is -1.64. The maximum Gasteiger partial charge on any atom is 0.341 e. The fourth-order valence-corrected chi connectivity index (χ4v) is 2.02. The van der Waals surface area contributed by atoms with E-state index >= 15 is 0 Å². The van der Waals surface area contributed by atoms with Gasteiger partial charge in [-0.25, -0.2) is 9.18 Å². The first kappa shape index (κ1) is 17.7. The van der Waals surface area contributed by atoms with E-state index in [0.717, 1.165) is 12.1 Å². The summed E-state index contributed by atoms with van der Waals surface area (Å²) in [4.78, 5) is 24.0. The van der Waals surface area contributed by atoms with Crippen LogP contribution in [-0.2, 0) is 9.53 Å². The van der Waals surface area contributed by atoms with Crippen LogP contribution in [0.5, 0.6) is 5.75 Å². The molecule has 5 nitrogen and oxygen atoms in total. The Morgan fingerprint density at radius 2 is 1.83 bits per heavy atom. The molecule has 0 saturated heterocycles. The predicted octanol–water partition coefficient (Wildman–Crippen LogP) is 3.67. The number of benzene rings is 2. The van der Waals surface area contributed by atoms with E-state index in [0.29, 0.717) is 11.4 Å². The van der Waals surface area contributed by atoms with Gasteiger partial charge in [-0.3, -0.25) is 4.79 Å². The van der Waals surface area contributed by atoms with Crippen LogP contribution in [0.4, 0.5) is 10.1 Å². The lowest BCUT2D eigenvalue weighted by molar-refractivity contribution is -0.123. The fourth-order valence-electron chi connectivity index (χ4n) is 1.85. The van der Waals surface area contributed by atoms with Crippen LogP contribution in [0, 0.1) is 5.82 Å². The number of nitrogens with one attached hydrogen (secondary N) is 1. The van der Waals surface area contributed by atoms with Gasteiger partial charge < -0.3 is 14.8 Å². The Labute approximate surface area is 143 Å². The molecule has 0 aromatic heterocycles. The van der Waals surface area contributed by atoms with E-state index in [9.17, 15) is 14.0 Å². The van der Waals surface area contributed by atoms with Crippen LogP contribution < -0.4 is 10.1 Å². The minimum atomic E-state index is -1.11. The zero-order chi connectivity index (χ0) is 17.7. The van der Waals surface area contributed by atoms with Crippen molar-refractivity contribution in [3.8, 4) is 5.75 Å². The van der Waals surface area contributed by atoms with Crippen LogP contribution in [0.25, 0.3) is 0 Å². The zero-order valence-corrected chi connectivity index (χ0v) is 13.8. The highest BCUT2D eigenvalue weighted by Crippen LogP contribution is 2.18. The molecule has 2 aromatic rings. The van der Waals surface area contributed by atoms with Gasteiger partial charge in [-0.1, -0.05) is 11.6 Å². The Balaban J connectivity index is 2.00. The number of ether oxygens (including phenoxy) is 2. The first-order valence-corrected chi connectivity index (χ1v) is 7.39. The van der Waals surface area contributed by atoms with Gasteiger partial charge in [0.25, 0.3) is 5.91 Å². The monoisotopic (exact) mass is 351 g/mol. The third kappa shape index (κ3) is 4.45. The second kappa shape index (κ2) is 7.79. The highest BCUT2D eigenvalue weighted by molar-refractivity contribution is 6.30. The summed E-state index contributed by atoms with van der Waals surface area (Å²) in [6.07, 6.45) is -1.11. The molecule has 0 bridgehead atoms. The number of carbonyl (C=O) groups is 2. The molecule has 1 N–H and O–H groups in total. The second-order valence-electron chi connectivity index (χ2n) is 4.89. The van der Waals surface area contributed by atoms with Crippen LogP contribution in [0.15, 0.2) is 42.5 Å². The number of rotatable bonds is 5. The molecule has 1 amide bonds. The standard InChI is InChI=1S/C17H15ClFNO4/c1-10(16(21)20-12-4-6-13(23-2)7-5-12)24-17(22)14-9-11(18)3-8-15(14)19/h3-10H,1-2H3,(H,20,21). The van der Waals surface area contributed by atoms with Gasteiger partial charge in [0, 0.05) is 10.7 Å². The summed E-state index contributed by atoms with van der Waals surface area (Å²) >= 11 is 5.73. The molecule has 0 spiro atoms. The van der Waals surface area contributed by atoms with Gasteiger partial charge in [-0.15, -0.1) is 0 Å². The average molecular weight is 352 g/mol. The Kier molecular flexibility index (Phi) is 5.76. The molecule has 0 aliphatic rings. The molecule has 2 rings (SSSR count). The summed E-state index contributed by atoms with van der Waals surface area (Å²) in [5, 5.41) is 2.78. The largest absolute Gasteiger partial charge is 0.497 e. The fraction of sp³-hybridized carbons (Fsp3) is 0.176. The maximum absolute atomic E-state index is 13.6. The topological polar surface area (TPSA) is 64.6 Å². The van der Waals surface area contributed by atoms with Crippen molar-refractivity contribution in [1.29, 1.82) is 0 Å². The number of esters is 1. The smallest absolute Gasteiger partial charge is 0.341 e. The minimum Gasteiger partial charge on any atom is -0.497 e. The van der Waals surface area contributed by atoms with Crippen LogP contribution in [-0.4, -0.2) is 25.1 Å². The number of amides is 1. The number of halogens is 2. The van der Waals surface area contributed by atoms with Crippen molar-refractivity contribution < 1.29 is 23.5 Å². The Hall–Kier alpha value is -2.60. The van der Waals surface area contributed by atoms with Crippen LogP contribution in [0.1, 0.15) is 17.3 Å². The highest BCUT2D eigenvalue weighted by Gasteiger charge is 2.21. The van der Waals surface area contributed by atoms with Crippen molar-refractivity contribution >= 4 is 29.2 Å². The van der Waals surface area contributed by atoms with Gasteiger partial charge in [-0.2, -0.15) is 0 Å². The average Bonchev–Trinajstić information content (AvgIpc) is 2.57. The number of hydrogen-bond acceptors (Lipinski definition) is 4. The molecular formula is C17H15ClFNO4. The van der Waals surface area contributed by atoms with Gasteiger partial charge in [-0.05, 0) is 49.4 Å². The van der Waals surface area contributed by atoms with Gasteiger partial charge in [0.2, 0.25) is 0 Å². The van der Waals surface area contributed by atoms with E-state index in [-0.39, 0.29) is 10.6 Å². The first-order valence-electron chi connectivity index (χ1n) is 7.01. The Bertz CT molecular complexity index is 749. The van der Waals surface area contributed by atoms with E-state index in [1.165, 1.54) is 20.1 Å². The quantitative estimate of drug-likeness (QED) is 0.835. The van der Waals surface area contributed by atoms with Crippen molar-refractivity contribution in [2.75, 3.05) is 12.4 Å². The van der Waals surface area contributed by atoms with E-state index in [4.69, 9.17) is 21.1 Å². The minimum absolute atomic E-state index is 0.193. The second-order valence-corrected chi connectivity index (χ2v) is 5.33. The SMILES string of the molecule is COc1ccc(NC(=O)C(C)OC(=O)c2cc(Cl)ccc2F)cc1. The number of anilines is 1. The van der Waals surface area contributed by atoms with Crippen LogP contribution >= 0.6 is 11.6 Å². The molecule has 7 heteroatoms. The molecule has 0 heterocycles. The van der Waals surface area contributed by atoms with E-state index in [1.54, 1.807) is 24.3 Å². The van der Waals surface area contributed by atoms with Crippen molar-refractivity contribution in [1.82, 2.24) is 0 Å². The van der Waals surface area contributed by atoms with Gasteiger partial charge >= 0.3 is 5.97 Å². The van der Waals surface area contributed by atoms with Gasteiger partial charge in [0.15, 0.2) is 6.10 Å². The van der Waals surface area contributed by atoms with Crippen molar-refractivity contribution in [2.24, 2.45) is 0 Å². The summed E-state index contributed by atoms with van der Waals surface area (Å²) < 4.78 is 23.6. The van der Waals surface area contributed by atoms with Crippen molar-refractivity contribution in [3.63, 3.8) is 0 Å². The summed E-state index contributed by atoms with van der Waals surface area (Å²) in [5.41, 5.74) is 0.184. The third-order valence-electron chi connectivity index (χ3n) is 3.16. The molecule has 1 atom stereocenters. The summed E-state index contributed by atoms with van der Waals surface area (Å²) in [6.45, 7) is 1.39. The van der Waals surface area contributed by atoms with Crippen molar-refractivity contribution in [3.05, 3.63) is 58.9 Å². The lowest BCUT2D eigenvalue weighted by Crippen LogP contribution is -2.30. The molecule has 24 heavy (non-hydrogen) atoms. The van der Waals surface area contributed by atoms with Crippen molar-refractivity contribution in [2.45, 2.75) is 13.0 Å². The Morgan fingerprint density at radius 1 is 1.17 bits per heavy atom. The predicted molar refractivity (Wildman–Crippen MR) is 87.9 cm³/mol. The van der Waals surface area contributed by atoms with E-state index in [1.807, 2.05) is 0 Å². The van der Waals surface area contributed by atoms with Crippen LogP contribution in [0.3, 0.4) is 0 Å². The maximum atomic E-state index is 13.6. The van der Waals surface area contributed by atoms with Gasteiger partial charge in [0.05, 0.1) is 12.7 Å². The molecular weight excluding hydrogens is 337 g/mol. The number of hydrogen-bond donors (Lipinski definition) is 1. The van der Waals surface area contributed by atoms with Gasteiger partial charge in [0.1, 0.15) is 11.6 Å². The molecule has 0 radical (unpaired) electrons. The number of methoxy groups -OCH3 is 1. The zero-order valence-electron chi connectivity index (χ0n) is 13.0. The molecule has 0 aliphatic heterocycles. The molecule has 0 fully saturated rings. The normalized spacial score (nSPS) is 11.5. The lowest BCUT2D eigenvalue weighted by atomic mass is 10.2. The third-order valence-corrected chi connectivity index (χ3v) is 3.39. The lowest BCUT2D eigenvalue weighted by Gasteiger charge is -2.14. The summed E-state index contributed by atoms with van der Waals surface area (Å²) in [7, 11) is 1.53. The van der Waals surface area contributed by atoms with E-state index in [2.05, 4.69) is 5.32 Å².